The van der Waals surface area contributed by atoms with E-state index in [-0.39, 0.29) is 16.0 Å². The Bertz CT molecular complexity index is 1060. The molecule has 3 aromatic rings. The van der Waals surface area contributed by atoms with Crippen LogP contribution in [0.4, 0.5) is 0 Å². The molecule has 2 heterocycles. The van der Waals surface area contributed by atoms with Crippen LogP contribution in [0, 0.1) is 11.3 Å². The molecule has 0 radical (unpaired) electrons. The van der Waals surface area contributed by atoms with Crippen molar-refractivity contribution in [2.24, 2.45) is 0 Å². The molecule has 0 aromatic heterocycles. The number of amides is 1. The Morgan fingerprint density at radius 2 is 1.31 bits per heavy atom. The van der Waals surface area contributed by atoms with Gasteiger partial charge in [0.25, 0.3) is 0 Å². The van der Waals surface area contributed by atoms with Gasteiger partial charge in [0.05, 0.1) is 11.6 Å². The number of β-lactam (4-membered cyclic amide) rings is 1. The SMILES string of the molecule is CC1(C)S[C@@H]2[C@H](NC(c3ccccc3)(c3ccccc3)c3ccccc3)C(=O)N2[C@H]1C#N. The van der Waals surface area contributed by atoms with Crippen LogP contribution in [-0.2, 0) is 10.3 Å². The van der Waals surface area contributed by atoms with E-state index in [9.17, 15) is 10.1 Å². The fraction of sp³-hybridized carbons (Fsp3) is 0.259. The standard InChI is InChI=1S/C27H25N3OS/c1-26(2)22(18-28)30-24(31)23(25(30)32-26)29-27(19-12-6-3-7-13-19,20-14-8-4-9-15-20)21-16-10-5-11-17-21/h3-17,22-23,25,29H,1-2H3/t22-,23+,25+/m0/s1. The van der Waals surface area contributed by atoms with Crippen molar-refractivity contribution >= 4 is 17.7 Å². The first-order valence-electron chi connectivity index (χ1n) is 10.8. The van der Waals surface area contributed by atoms with Crippen LogP contribution in [0.3, 0.4) is 0 Å². The first kappa shape index (κ1) is 20.8. The van der Waals surface area contributed by atoms with E-state index in [0.29, 0.717) is 0 Å². The van der Waals surface area contributed by atoms with Gasteiger partial charge >= 0.3 is 0 Å². The van der Waals surface area contributed by atoms with Gasteiger partial charge in [0.1, 0.15) is 17.5 Å². The molecular weight excluding hydrogens is 414 g/mol. The molecule has 2 fully saturated rings. The number of rotatable bonds is 5. The maximum Gasteiger partial charge on any atom is 0.244 e. The Kier molecular flexibility index (Phi) is 5.08. The van der Waals surface area contributed by atoms with Crippen molar-refractivity contribution in [3.8, 4) is 6.07 Å². The van der Waals surface area contributed by atoms with Crippen LogP contribution >= 0.6 is 11.8 Å². The maximum absolute atomic E-state index is 13.4. The van der Waals surface area contributed by atoms with Crippen molar-refractivity contribution in [1.29, 1.82) is 5.26 Å². The number of nitrogens with one attached hydrogen (secondary N) is 1. The van der Waals surface area contributed by atoms with Gasteiger partial charge in [0.2, 0.25) is 5.91 Å². The lowest BCUT2D eigenvalue weighted by Crippen LogP contribution is -2.71. The number of hydrogen-bond acceptors (Lipinski definition) is 4. The van der Waals surface area contributed by atoms with E-state index in [0.717, 1.165) is 16.7 Å². The summed E-state index contributed by atoms with van der Waals surface area (Å²) in [4.78, 5) is 15.1. The summed E-state index contributed by atoms with van der Waals surface area (Å²) in [7, 11) is 0. The van der Waals surface area contributed by atoms with E-state index in [2.05, 4.69) is 47.8 Å². The molecule has 5 heteroatoms. The minimum absolute atomic E-state index is 0.00760. The summed E-state index contributed by atoms with van der Waals surface area (Å²) in [5, 5.41) is 13.4. The van der Waals surface area contributed by atoms with E-state index in [1.165, 1.54) is 0 Å². The monoisotopic (exact) mass is 439 g/mol. The average molecular weight is 440 g/mol. The second-order valence-corrected chi connectivity index (χ2v) is 10.6. The molecule has 4 nitrogen and oxygen atoms in total. The van der Waals surface area contributed by atoms with Crippen molar-refractivity contribution in [1.82, 2.24) is 10.2 Å². The van der Waals surface area contributed by atoms with Gasteiger partial charge in [0.15, 0.2) is 0 Å². The minimum Gasteiger partial charge on any atom is -0.310 e. The van der Waals surface area contributed by atoms with Gasteiger partial charge in [0, 0.05) is 4.75 Å². The lowest BCUT2D eigenvalue weighted by Gasteiger charge is -2.49. The highest BCUT2D eigenvalue weighted by atomic mass is 32.2. The summed E-state index contributed by atoms with van der Waals surface area (Å²) in [6, 6.07) is 32.4. The lowest BCUT2D eigenvalue weighted by molar-refractivity contribution is -0.148. The summed E-state index contributed by atoms with van der Waals surface area (Å²) in [6.07, 6.45) is 0. The largest absolute Gasteiger partial charge is 0.310 e. The van der Waals surface area contributed by atoms with E-state index in [4.69, 9.17) is 0 Å². The molecular formula is C27H25N3OS. The van der Waals surface area contributed by atoms with Gasteiger partial charge in [-0.3, -0.25) is 10.1 Å². The highest BCUT2D eigenvalue weighted by Gasteiger charge is 2.63. The third-order valence-electron chi connectivity index (χ3n) is 6.56. The summed E-state index contributed by atoms with van der Waals surface area (Å²) in [5.74, 6) is -0.00760. The van der Waals surface area contributed by atoms with Crippen LogP contribution in [-0.4, -0.2) is 33.0 Å². The van der Waals surface area contributed by atoms with Crippen LogP contribution in [0.25, 0.3) is 0 Å². The summed E-state index contributed by atoms with van der Waals surface area (Å²) < 4.78 is -0.305. The number of carbonyl (C=O) groups excluding carboxylic acids is 1. The number of hydrogen-bond donors (Lipinski definition) is 1. The van der Waals surface area contributed by atoms with Gasteiger partial charge in [-0.15, -0.1) is 11.8 Å². The van der Waals surface area contributed by atoms with Crippen molar-refractivity contribution in [2.45, 2.75) is 41.6 Å². The fourth-order valence-corrected chi connectivity index (χ4v) is 6.57. The molecule has 0 bridgehead atoms. The van der Waals surface area contributed by atoms with Crippen LogP contribution in [0.15, 0.2) is 91.0 Å². The quantitative estimate of drug-likeness (QED) is 0.469. The Labute approximate surface area is 193 Å². The van der Waals surface area contributed by atoms with Gasteiger partial charge in [-0.1, -0.05) is 91.0 Å². The molecule has 3 aromatic carbocycles. The second-order valence-electron chi connectivity index (χ2n) is 8.86. The first-order valence-corrected chi connectivity index (χ1v) is 11.7. The van der Waals surface area contributed by atoms with Gasteiger partial charge in [-0.05, 0) is 30.5 Å². The predicted molar refractivity (Wildman–Crippen MR) is 128 cm³/mol. The molecule has 2 aliphatic heterocycles. The Morgan fingerprint density at radius 1 is 0.875 bits per heavy atom. The number of nitriles is 1. The molecule has 2 saturated heterocycles. The van der Waals surface area contributed by atoms with E-state index < -0.39 is 17.6 Å². The minimum atomic E-state index is -0.703. The molecule has 3 atom stereocenters. The van der Waals surface area contributed by atoms with Crippen LogP contribution in [0.1, 0.15) is 30.5 Å². The molecule has 160 valence electrons. The van der Waals surface area contributed by atoms with Gasteiger partial charge < -0.3 is 4.90 Å². The molecule has 32 heavy (non-hydrogen) atoms. The number of benzene rings is 3. The molecule has 1 amide bonds. The molecule has 0 aliphatic carbocycles. The van der Waals surface area contributed by atoms with Crippen molar-refractivity contribution in [3.63, 3.8) is 0 Å². The number of fused-ring (bicyclic) bond motifs is 1. The Hall–Kier alpha value is -3.07. The zero-order valence-electron chi connectivity index (χ0n) is 18.1. The van der Waals surface area contributed by atoms with Crippen LogP contribution < -0.4 is 5.32 Å². The molecule has 2 aliphatic rings. The van der Waals surface area contributed by atoms with Crippen LogP contribution in [0.2, 0.25) is 0 Å². The summed E-state index contributed by atoms with van der Waals surface area (Å²) in [6.45, 7) is 4.10. The maximum atomic E-state index is 13.4. The highest BCUT2D eigenvalue weighted by Crippen LogP contribution is 2.51. The second kappa shape index (κ2) is 7.81. The van der Waals surface area contributed by atoms with Crippen molar-refractivity contribution < 1.29 is 4.79 Å². The topological polar surface area (TPSA) is 56.1 Å². The molecule has 5 rings (SSSR count). The lowest BCUT2D eigenvalue weighted by atomic mass is 9.76. The normalized spacial score (nSPS) is 23.8. The number of thioether (sulfide) groups is 1. The molecule has 0 saturated carbocycles. The number of nitrogens with zero attached hydrogens (tertiary/aromatic N) is 2. The van der Waals surface area contributed by atoms with E-state index in [1.54, 1.807) is 16.7 Å². The van der Waals surface area contributed by atoms with E-state index >= 15 is 0 Å². The summed E-state index contributed by atoms with van der Waals surface area (Å²) >= 11 is 1.71. The highest BCUT2D eigenvalue weighted by molar-refractivity contribution is 8.01. The average Bonchev–Trinajstić information content (AvgIpc) is 3.08. The fourth-order valence-electron chi connectivity index (χ4n) is 4.99. The third-order valence-corrected chi connectivity index (χ3v) is 8.13. The van der Waals surface area contributed by atoms with Gasteiger partial charge in [-0.25, -0.2) is 0 Å². The van der Waals surface area contributed by atoms with Crippen molar-refractivity contribution in [2.75, 3.05) is 0 Å². The smallest absolute Gasteiger partial charge is 0.244 e. The Balaban J connectivity index is 1.65. The van der Waals surface area contributed by atoms with Crippen molar-refractivity contribution in [3.05, 3.63) is 108 Å². The van der Waals surface area contributed by atoms with E-state index in [1.807, 2.05) is 68.4 Å². The van der Waals surface area contributed by atoms with Crippen LogP contribution in [0.5, 0.6) is 0 Å². The summed E-state index contributed by atoms with van der Waals surface area (Å²) in [5.41, 5.74) is 2.51. The van der Waals surface area contributed by atoms with Gasteiger partial charge in [-0.2, -0.15) is 5.26 Å². The predicted octanol–water partition coefficient (Wildman–Crippen LogP) is 4.52. The molecule has 0 unspecified atom stereocenters. The zero-order chi connectivity index (χ0) is 22.3. The Morgan fingerprint density at radius 3 is 1.72 bits per heavy atom. The third kappa shape index (κ3) is 3.06. The molecule has 0 spiro atoms. The zero-order valence-corrected chi connectivity index (χ0v) is 18.9. The first-order chi connectivity index (χ1) is 15.5. The number of carbonyl (C=O) groups is 1. The molecule has 1 N–H and O–H groups in total.